The molecule has 94 valence electrons. The van der Waals surface area contributed by atoms with Crippen molar-refractivity contribution in [1.29, 1.82) is 0 Å². The maximum atomic E-state index is 9.26. The second-order valence-electron chi connectivity index (χ2n) is 4.10. The van der Waals surface area contributed by atoms with Crippen molar-refractivity contribution in [3.8, 4) is 11.1 Å². The van der Waals surface area contributed by atoms with Crippen molar-refractivity contribution >= 4 is 34.0 Å². The normalized spacial score (nSPS) is 10.8. The second-order valence-corrected chi connectivity index (χ2v) is 5.21. The van der Waals surface area contributed by atoms with Crippen LogP contribution in [0, 0.1) is 3.70 Å². The molecule has 0 spiro atoms. The Kier molecular flexibility index (Phi) is 2.98. The van der Waals surface area contributed by atoms with Gasteiger partial charge in [-0.25, -0.2) is 4.98 Å². The minimum atomic E-state index is -0.0233. The van der Waals surface area contributed by atoms with E-state index in [1.165, 1.54) is 0 Å². The third kappa shape index (κ3) is 2.21. The first-order chi connectivity index (χ1) is 9.15. The van der Waals surface area contributed by atoms with Crippen LogP contribution in [0.25, 0.3) is 22.5 Å². The van der Waals surface area contributed by atoms with E-state index in [1.807, 2.05) is 35.0 Å². The zero-order chi connectivity index (χ0) is 13.4. The SMILES string of the molecule is C=C(O)c1ccc(-c2ccn3c(I)cnc3c2)cn1. The van der Waals surface area contributed by atoms with Crippen LogP contribution in [0.1, 0.15) is 5.69 Å². The minimum Gasteiger partial charge on any atom is -0.506 e. The Morgan fingerprint density at radius 3 is 2.68 bits per heavy atom. The van der Waals surface area contributed by atoms with Gasteiger partial charge in [0, 0.05) is 18.0 Å². The van der Waals surface area contributed by atoms with Crippen LogP contribution in [0.2, 0.25) is 0 Å². The topological polar surface area (TPSA) is 50.4 Å². The van der Waals surface area contributed by atoms with Gasteiger partial charge in [0.2, 0.25) is 0 Å². The maximum Gasteiger partial charge on any atom is 0.138 e. The van der Waals surface area contributed by atoms with Gasteiger partial charge in [-0.1, -0.05) is 12.6 Å². The zero-order valence-corrected chi connectivity index (χ0v) is 12.1. The van der Waals surface area contributed by atoms with Gasteiger partial charge in [0.15, 0.2) is 0 Å². The molecule has 0 saturated carbocycles. The fourth-order valence-electron chi connectivity index (χ4n) is 1.86. The molecule has 0 radical (unpaired) electrons. The number of imidazole rings is 1. The fraction of sp³-hybridized carbons (Fsp3) is 0. The largest absolute Gasteiger partial charge is 0.506 e. The third-order valence-electron chi connectivity index (χ3n) is 2.86. The van der Waals surface area contributed by atoms with Gasteiger partial charge in [0.1, 0.15) is 20.8 Å². The Morgan fingerprint density at radius 2 is 2.00 bits per heavy atom. The smallest absolute Gasteiger partial charge is 0.138 e. The molecule has 0 amide bonds. The molecule has 0 unspecified atom stereocenters. The lowest BCUT2D eigenvalue weighted by molar-refractivity contribution is 0.510. The molecule has 0 aliphatic carbocycles. The lowest BCUT2D eigenvalue weighted by atomic mass is 10.1. The van der Waals surface area contributed by atoms with Crippen LogP contribution in [0.3, 0.4) is 0 Å². The van der Waals surface area contributed by atoms with E-state index >= 15 is 0 Å². The van der Waals surface area contributed by atoms with Gasteiger partial charge in [-0.2, -0.15) is 0 Å². The van der Waals surface area contributed by atoms with Crippen LogP contribution in [0.4, 0.5) is 0 Å². The molecule has 19 heavy (non-hydrogen) atoms. The summed E-state index contributed by atoms with van der Waals surface area (Å²) in [5, 5.41) is 9.26. The van der Waals surface area contributed by atoms with E-state index in [2.05, 4.69) is 39.1 Å². The molecule has 5 heteroatoms. The Morgan fingerprint density at radius 1 is 1.16 bits per heavy atom. The Hall–Kier alpha value is -1.89. The molecule has 0 fully saturated rings. The second kappa shape index (κ2) is 4.65. The maximum absolute atomic E-state index is 9.26. The number of halogens is 1. The number of fused-ring (bicyclic) bond motifs is 1. The summed E-state index contributed by atoms with van der Waals surface area (Å²) in [5.41, 5.74) is 3.40. The molecule has 3 aromatic heterocycles. The molecule has 3 rings (SSSR count). The average Bonchev–Trinajstić information content (AvgIpc) is 2.80. The van der Waals surface area contributed by atoms with Gasteiger partial charge in [-0.3, -0.25) is 9.38 Å². The van der Waals surface area contributed by atoms with Crippen molar-refractivity contribution in [3.63, 3.8) is 0 Å². The van der Waals surface area contributed by atoms with E-state index in [0.717, 1.165) is 20.5 Å². The highest BCUT2D eigenvalue weighted by Gasteiger charge is 2.04. The van der Waals surface area contributed by atoms with Gasteiger partial charge in [0.25, 0.3) is 0 Å². The average molecular weight is 363 g/mol. The molecule has 0 bridgehead atoms. The van der Waals surface area contributed by atoms with Gasteiger partial charge < -0.3 is 5.11 Å². The Balaban J connectivity index is 2.05. The number of aromatic nitrogens is 3. The summed E-state index contributed by atoms with van der Waals surface area (Å²) >= 11 is 2.24. The molecule has 0 saturated heterocycles. The van der Waals surface area contributed by atoms with Crippen molar-refractivity contribution < 1.29 is 5.11 Å². The van der Waals surface area contributed by atoms with Gasteiger partial charge >= 0.3 is 0 Å². The van der Waals surface area contributed by atoms with Crippen LogP contribution in [0.5, 0.6) is 0 Å². The molecule has 0 atom stereocenters. The number of rotatable bonds is 2. The van der Waals surface area contributed by atoms with E-state index in [0.29, 0.717) is 5.69 Å². The number of aliphatic hydroxyl groups is 1. The van der Waals surface area contributed by atoms with E-state index in [9.17, 15) is 5.11 Å². The molecule has 0 aliphatic heterocycles. The van der Waals surface area contributed by atoms with Crippen molar-refractivity contribution in [2.45, 2.75) is 0 Å². The third-order valence-corrected chi connectivity index (χ3v) is 3.66. The lowest BCUT2D eigenvalue weighted by Gasteiger charge is -2.04. The first-order valence-corrected chi connectivity index (χ1v) is 6.70. The minimum absolute atomic E-state index is 0.0233. The highest BCUT2D eigenvalue weighted by molar-refractivity contribution is 14.1. The van der Waals surface area contributed by atoms with Crippen LogP contribution in [-0.4, -0.2) is 19.5 Å². The standard InChI is InChI=1S/C14H10IN3O/c1-9(19)12-3-2-11(7-16-12)10-4-5-18-13(15)8-17-14(18)6-10/h2-8,19H,1H2. The van der Waals surface area contributed by atoms with Crippen molar-refractivity contribution in [3.05, 3.63) is 58.8 Å². The van der Waals surface area contributed by atoms with E-state index in [1.54, 1.807) is 12.3 Å². The first-order valence-electron chi connectivity index (χ1n) is 5.62. The monoisotopic (exact) mass is 363 g/mol. The molecule has 0 aromatic carbocycles. The molecule has 1 N–H and O–H groups in total. The van der Waals surface area contributed by atoms with Crippen molar-refractivity contribution in [2.75, 3.05) is 0 Å². The number of aliphatic hydroxyl groups excluding tert-OH is 1. The van der Waals surface area contributed by atoms with Gasteiger partial charge in [-0.05, 0) is 46.4 Å². The lowest BCUT2D eigenvalue weighted by Crippen LogP contribution is -1.90. The van der Waals surface area contributed by atoms with Crippen LogP contribution >= 0.6 is 22.6 Å². The van der Waals surface area contributed by atoms with Gasteiger partial charge in [-0.15, -0.1) is 0 Å². The van der Waals surface area contributed by atoms with Crippen LogP contribution in [-0.2, 0) is 0 Å². The molecule has 3 heterocycles. The van der Waals surface area contributed by atoms with E-state index < -0.39 is 0 Å². The summed E-state index contributed by atoms with van der Waals surface area (Å²) in [5.74, 6) is -0.0233. The number of hydrogen-bond acceptors (Lipinski definition) is 3. The predicted molar refractivity (Wildman–Crippen MR) is 82.8 cm³/mol. The molecular weight excluding hydrogens is 353 g/mol. The summed E-state index contributed by atoms with van der Waals surface area (Å²) in [6, 6.07) is 7.68. The first kappa shape index (κ1) is 12.2. The molecule has 0 aliphatic rings. The van der Waals surface area contributed by atoms with Crippen molar-refractivity contribution in [1.82, 2.24) is 14.4 Å². The zero-order valence-electron chi connectivity index (χ0n) is 9.92. The van der Waals surface area contributed by atoms with Crippen LogP contribution in [0.15, 0.2) is 49.4 Å². The van der Waals surface area contributed by atoms with E-state index in [-0.39, 0.29) is 5.76 Å². The highest BCUT2D eigenvalue weighted by atomic mass is 127. The highest BCUT2D eigenvalue weighted by Crippen LogP contribution is 2.22. The summed E-state index contributed by atoms with van der Waals surface area (Å²) in [7, 11) is 0. The molecular formula is C14H10IN3O. The Labute approximate surface area is 123 Å². The molecule has 4 nitrogen and oxygen atoms in total. The summed E-state index contributed by atoms with van der Waals surface area (Å²) in [6.45, 7) is 3.45. The Bertz CT molecular complexity index is 762. The van der Waals surface area contributed by atoms with Gasteiger partial charge in [0.05, 0.1) is 6.20 Å². The number of hydrogen-bond donors (Lipinski definition) is 1. The summed E-state index contributed by atoms with van der Waals surface area (Å²) < 4.78 is 3.09. The van der Waals surface area contributed by atoms with Crippen molar-refractivity contribution in [2.24, 2.45) is 0 Å². The van der Waals surface area contributed by atoms with Crippen LogP contribution < -0.4 is 0 Å². The quantitative estimate of drug-likeness (QED) is 0.560. The summed E-state index contributed by atoms with van der Waals surface area (Å²) in [4.78, 5) is 8.49. The van der Waals surface area contributed by atoms with E-state index in [4.69, 9.17) is 0 Å². The predicted octanol–water partition coefficient (Wildman–Crippen LogP) is 3.53. The number of pyridine rings is 2. The number of nitrogens with zero attached hydrogens (tertiary/aromatic N) is 3. The summed E-state index contributed by atoms with van der Waals surface area (Å²) in [6.07, 6.45) is 5.53. The molecule has 3 aromatic rings. The fourth-order valence-corrected chi connectivity index (χ4v) is 2.41.